The summed E-state index contributed by atoms with van der Waals surface area (Å²) in [5.41, 5.74) is 17.3. The second kappa shape index (κ2) is 27.7. The van der Waals surface area contributed by atoms with Gasteiger partial charge >= 0.3 is 0 Å². The molecule has 392 valence electrons. The third-order valence-electron chi connectivity index (χ3n) is 12.2. The SMILES string of the molecule is CC[C@H](C)[C@@H]1NC(=O)[C@H](Cc2ccc(O)cc2)NC(=O)CCC(O)NC[C@@H](C(=O)N2CCC[C@H]2C(=O)N[C@@H](Cc2ccccc2)C(=O)NCC(N)=O)NC(=O)[C@H](CC(N)=O)NC(=O)[C@H](CCC(N)=O)NC1=O. The number of aromatic hydroxyl groups is 1. The Bertz CT molecular complexity index is 2290. The molecule has 4 rings (SSSR count). The first-order chi connectivity index (χ1) is 34.1. The number of hydrogen-bond donors (Lipinski definition) is 13. The third-order valence-corrected chi connectivity index (χ3v) is 12.2. The molecule has 11 amide bonds. The maximum Gasteiger partial charge on any atom is 0.247 e. The molecule has 2 aromatic rings. The Labute approximate surface area is 415 Å². The number of nitrogens with zero attached hydrogens (tertiary/aromatic N) is 1. The van der Waals surface area contributed by atoms with Crippen LogP contribution in [0.1, 0.15) is 76.3 Å². The first-order valence-corrected chi connectivity index (χ1v) is 23.6. The molecule has 16 N–H and O–H groups in total. The van der Waals surface area contributed by atoms with Crippen molar-refractivity contribution >= 4 is 65.0 Å². The number of rotatable bonds is 17. The van der Waals surface area contributed by atoms with Gasteiger partial charge in [-0.1, -0.05) is 62.7 Å². The van der Waals surface area contributed by atoms with E-state index in [2.05, 4.69) is 42.5 Å². The second-order valence-corrected chi connectivity index (χ2v) is 17.8. The van der Waals surface area contributed by atoms with E-state index in [1.54, 1.807) is 44.2 Å². The smallest absolute Gasteiger partial charge is 0.247 e. The van der Waals surface area contributed by atoms with Gasteiger partial charge in [0, 0.05) is 38.8 Å². The number of benzene rings is 2. The predicted octanol–water partition coefficient (Wildman–Crippen LogP) is -4.43. The number of nitrogens with one attached hydrogen (secondary N) is 8. The zero-order chi connectivity index (χ0) is 53.1. The largest absolute Gasteiger partial charge is 0.508 e. The second-order valence-electron chi connectivity index (χ2n) is 17.8. The van der Waals surface area contributed by atoms with Crippen LogP contribution < -0.4 is 59.7 Å². The summed E-state index contributed by atoms with van der Waals surface area (Å²) in [5.74, 6) is -10.5. The monoisotopic (exact) mass is 1010 g/mol. The molecule has 0 aliphatic carbocycles. The number of likely N-dealkylation sites (tertiary alicyclic amines) is 1. The minimum Gasteiger partial charge on any atom is -0.508 e. The lowest BCUT2D eigenvalue weighted by Crippen LogP contribution is -2.62. The van der Waals surface area contributed by atoms with Crippen molar-refractivity contribution in [2.24, 2.45) is 23.1 Å². The van der Waals surface area contributed by atoms with Crippen LogP contribution in [-0.2, 0) is 65.6 Å². The van der Waals surface area contributed by atoms with Gasteiger partial charge in [-0.2, -0.15) is 0 Å². The van der Waals surface area contributed by atoms with Crippen molar-refractivity contribution in [1.82, 2.24) is 47.4 Å². The van der Waals surface area contributed by atoms with Gasteiger partial charge in [0.1, 0.15) is 54.3 Å². The van der Waals surface area contributed by atoms with Crippen LogP contribution in [0, 0.1) is 5.92 Å². The fraction of sp³-hybridized carbons (Fsp3) is 0.511. The predicted molar refractivity (Wildman–Crippen MR) is 255 cm³/mol. The van der Waals surface area contributed by atoms with Crippen LogP contribution >= 0.6 is 0 Å². The van der Waals surface area contributed by atoms with Crippen LogP contribution in [0.2, 0.25) is 0 Å². The fourth-order valence-corrected chi connectivity index (χ4v) is 8.02. The lowest BCUT2D eigenvalue weighted by Gasteiger charge is -2.31. The van der Waals surface area contributed by atoms with E-state index < -0.39 is 158 Å². The Hall–Kier alpha value is -7.67. The normalized spacial score (nSPS) is 23.6. The van der Waals surface area contributed by atoms with Crippen LogP contribution in [0.4, 0.5) is 0 Å². The lowest BCUT2D eigenvalue weighted by atomic mass is 9.96. The molecular weight excluding hydrogens is 941 g/mol. The molecule has 2 aliphatic heterocycles. The molecule has 0 bridgehead atoms. The summed E-state index contributed by atoms with van der Waals surface area (Å²) in [6.07, 6.45) is -3.38. The number of phenolic OH excluding ortho intramolecular Hbond substituents is 1. The Morgan fingerprint density at radius 1 is 0.764 bits per heavy atom. The Balaban J connectivity index is 1.70. The van der Waals surface area contributed by atoms with E-state index >= 15 is 0 Å². The van der Waals surface area contributed by atoms with Crippen LogP contribution in [0.3, 0.4) is 0 Å². The number of aliphatic hydroxyl groups is 1. The number of carbonyl (C=O) groups is 11. The Kier molecular flexibility index (Phi) is 21.9. The summed E-state index contributed by atoms with van der Waals surface area (Å²) in [5, 5.41) is 41.3. The maximum atomic E-state index is 14.6. The molecule has 0 aromatic heterocycles. The van der Waals surface area contributed by atoms with E-state index in [-0.39, 0.29) is 44.4 Å². The van der Waals surface area contributed by atoms with E-state index in [0.29, 0.717) is 17.5 Å². The number of carbonyl (C=O) groups excluding carboxylic acids is 11. The van der Waals surface area contributed by atoms with Gasteiger partial charge in [-0.25, -0.2) is 0 Å². The van der Waals surface area contributed by atoms with Crippen LogP contribution in [-0.4, -0.2) is 148 Å². The highest BCUT2D eigenvalue weighted by Gasteiger charge is 2.41. The number of primary amides is 3. The maximum absolute atomic E-state index is 14.6. The topological polar surface area (TPSA) is 406 Å². The summed E-state index contributed by atoms with van der Waals surface area (Å²) in [7, 11) is 0. The van der Waals surface area contributed by atoms with Gasteiger partial charge in [0.2, 0.25) is 65.0 Å². The van der Waals surface area contributed by atoms with Crippen molar-refractivity contribution in [3.63, 3.8) is 0 Å². The average molecular weight is 1010 g/mol. The molecule has 2 fully saturated rings. The number of aliphatic hydroxyl groups excluding tert-OH is 1. The lowest BCUT2D eigenvalue weighted by molar-refractivity contribution is -0.142. The molecule has 0 radical (unpaired) electrons. The molecule has 72 heavy (non-hydrogen) atoms. The van der Waals surface area contributed by atoms with Crippen molar-refractivity contribution in [2.75, 3.05) is 19.6 Å². The number of phenols is 1. The molecule has 0 spiro atoms. The van der Waals surface area contributed by atoms with Crippen molar-refractivity contribution in [1.29, 1.82) is 0 Å². The molecule has 25 nitrogen and oxygen atoms in total. The highest BCUT2D eigenvalue weighted by atomic mass is 16.3. The number of hydrogen-bond acceptors (Lipinski definition) is 14. The third kappa shape index (κ3) is 17.9. The van der Waals surface area contributed by atoms with Gasteiger partial charge in [-0.15, -0.1) is 0 Å². The van der Waals surface area contributed by atoms with Gasteiger partial charge in [-0.05, 0) is 54.9 Å². The number of nitrogens with two attached hydrogens (primary N) is 3. The zero-order valence-corrected chi connectivity index (χ0v) is 40.1. The van der Waals surface area contributed by atoms with E-state index in [1.807, 2.05) is 0 Å². The van der Waals surface area contributed by atoms with Crippen molar-refractivity contribution in [3.05, 3.63) is 65.7 Å². The summed E-state index contributed by atoms with van der Waals surface area (Å²) < 4.78 is 0. The number of amides is 11. The molecule has 2 saturated heterocycles. The molecule has 0 saturated carbocycles. The molecule has 9 atom stereocenters. The van der Waals surface area contributed by atoms with Gasteiger partial charge in [0.15, 0.2) is 0 Å². The molecule has 2 heterocycles. The Morgan fingerprint density at radius 2 is 1.42 bits per heavy atom. The molecule has 25 heteroatoms. The highest BCUT2D eigenvalue weighted by Crippen LogP contribution is 2.20. The van der Waals surface area contributed by atoms with Gasteiger partial charge in [-0.3, -0.25) is 58.1 Å². The van der Waals surface area contributed by atoms with Crippen molar-refractivity contribution in [3.8, 4) is 5.75 Å². The van der Waals surface area contributed by atoms with Crippen molar-refractivity contribution < 1.29 is 63.0 Å². The van der Waals surface area contributed by atoms with E-state index in [0.717, 1.165) is 4.90 Å². The first-order valence-electron chi connectivity index (χ1n) is 23.6. The van der Waals surface area contributed by atoms with Gasteiger partial charge in [0.25, 0.3) is 0 Å². The minimum absolute atomic E-state index is 0.0128. The minimum atomic E-state index is -1.82. The van der Waals surface area contributed by atoms with Crippen LogP contribution in [0.15, 0.2) is 54.6 Å². The van der Waals surface area contributed by atoms with Crippen LogP contribution in [0.5, 0.6) is 5.75 Å². The molecular formula is C47H66N12O13. The zero-order valence-electron chi connectivity index (χ0n) is 40.1. The van der Waals surface area contributed by atoms with Crippen molar-refractivity contribution in [2.45, 2.75) is 127 Å². The summed E-state index contributed by atoms with van der Waals surface area (Å²) in [6.45, 7) is 2.26. The quantitative estimate of drug-likeness (QED) is 0.0712. The van der Waals surface area contributed by atoms with E-state index in [9.17, 15) is 63.0 Å². The van der Waals surface area contributed by atoms with Gasteiger partial charge in [0.05, 0.1) is 13.0 Å². The van der Waals surface area contributed by atoms with Gasteiger partial charge < -0.3 is 69.5 Å². The first kappa shape index (κ1) is 56.9. The summed E-state index contributed by atoms with van der Waals surface area (Å²) in [6, 6.07) is 4.22. The Morgan fingerprint density at radius 3 is 2.06 bits per heavy atom. The molecule has 1 unspecified atom stereocenters. The fourth-order valence-electron chi connectivity index (χ4n) is 8.02. The molecule has 2 aromatic carbocycles. The average Bonchev–Trinajstić information content (AvgIpc) is 3.84. The summed E-state index contributed by atoms with van der Waals surface area (Å²) in [4.78, 5) is 149. The van der Waals surface area contributed by atoms with E-state index in [1.165, 1.54) is 24.3 Å². The summed E-state index contributed by atoms with van der Waals surface area (Å²) >= 11 is 0. The van der Waals surface area contributed by atoms with Crippen LogP contribution in [0.25, 0.3) is 0 Å². The highest BCUT2D eigenvalue weighted by molar-refractivity contribution is 5.99. The molecule has 2 aliphatic rings. The van der Waals surface area contributed by atoms with E-state index in [4.69, 9.17) is 17.2 Å². The standard InChI is InChI=1S/C47H66N12O13/c1-3-25(2)40-46(71)54-29(15-16-35(48)61)42(67)55-32(22-36(49)62)43(68)57-33(23-51-38(64)17-18-39(65)53-31(44(69)58-40)21-27-11-13-28(60)14-12-27)47(72)59-19-7-10-34(59)45(70)56-30(41(66)52-24-37(50)63)20-26-8-5-4-6-9-26/h4-6,8-9,11-14,25,29-34,38,40,51,60,64H,3,7,10,15-24H2,1-2H3,(H2,48,61)(H2,49,62)(H2,50,63)(H,52,66)(H,53,65)(H,54,71)(H,55,67)(H,56,70)(H,57,68)(H,58,69)/t25-,29-,30-,31-,32-,33-,34-,38?,40-/m0/s1.